The van der Waals surface area contributed by atoms with Crippen LogP contribution >= 0.6 is 0 Å². The van der Waals surface area contributed by atoms with Crippen LogP contribution in [-0.2, 0) is 17.8 Å². The number of hydrogen-bond donors (Lipinski definition) is 1. The first-order valence-corrected chi connectivity index (χ1v) is 8.83. The number of benzene rings is 2. The summed E-state index contributed by atoms with van der Waals surface area (Å²) in [6.07, 6.45) is 0.751. The summed E-state index contributed by atoms with van der Waals surface area (Å²) in [4.78, 5) is 34.1. The zero-order valence-electron chi connectivity index (χ0n) is 15.2. The Morgan fingerprint density at radius 2 is 1.90 bits per heavy atom. The Kier molecular flexibility index (Phi) is 6.01. The van der Waals surface area contributed by atoms with E-state index >= 15 is 0 Å². The number of oxazole rings is 1. The summed E-state index contributed by atoms with van der Waals surface area (Å²) in [7, 11) is 0. The second-order valence-electron chi connectivity index (χ2n) is 6.41. The summed E-state index contributed by atoms with van der Waals surface area (Å²) >= 11 is 0. The largest absolute Gasteiger partial charge is 0.419 e. The highest BCUT2D eigenvalue weighted by Crippen LogP contribution is 2.20. The number of non-ortho nitro benzene ring substituents is 1. The van der Waals surface area contributed by atoms with E-state index in [1.54, 1.807) is 0 Å². The van der Waals surface area contributed by atoms with Crippen LogP contribution in [0.4, 0.5) is 14.5 Å². The number of carbonyl (C=O) groups is 1. The maximum Gasteiger partial charge on any atom is 0.419 e. The maximum atomic E-state index is 13.1. The molecule has 3 rings (SSSR count). The van der Waals surface area contributed by atoms with E-state index in [2.05, 4.69) is 5.32 Å². The number of aryl methyl sites for hydroxylation is 1. The van der Waals surface area contributed by atoms with Crippen molar-refractivity contribution in [1.29, 1.82) is 0 Å². The molecule has 8 nitrogen and oxygen atoms in total. The fraction of sp³-hybridized carbons (Fsp3) is 0.263. The molecular formula is C19H17F2N3O5. The van der Waals surface area contributed by atoms with Crippen molar-refractivity contribution in [3.8, 4) is 0 Å². The molecule has 0 aliphatic carbocycles. The molecule has 0 bridgehead atoms. The fourth-order valence-corrected chi connectivity index (χ4v) is 2.97. The Morgan fingerprint density at radius 1 is 1.17 bits per heavy atom. The van der Waals surface area contributed by atoms with Crippen LogP contribution in [0.2, 0.25) is 0 Å². The van der Waals surface area contributed by atoms with Crippen LogP contribution in [0, 0.1) is 21.7 Å². The second kappa shape index (κ2) is 8.63. The van der Waals surface area contributed by atoms with Gasteiger partial charge in [-0.2, -0.15) is 0 Å². The van der Waals surface area contributed by atoms with Gasteiger partial charge in [0, 0.05) is 31.6 Å². The molecule has 0 aliphatic heterocycles. The molecule has 152 valence electrons. The summed E-state index contributed by atoms with van der Waals surface area (Å²) < 4.78 is 32.6. The van der Waals surface area contributed by atoms with Gasteiger partial charge in [-0.25, -0.2) is 13.6 Å². The molecule has 0 aliphatic rings. The van der Waals surface area contributed by atoms with Crippen molar-refractivity contribution in [3.63, 3.8) is 0 Å². The standard InChI is InChI=1S/C19H17F2N3O5/c20-13-8-12(9-14(21)10-13)5-6-22-18(25)2-1-7-23-16-4-3-15(24(27)28)11-17(16)29-19(23)26/h3-4,8-11H,1-2,5-7H2,(H,22,25). The molecule has 1 heterocycles. The van der Waals surface area contributed by atoms with Gasteiger partial charge in [0.2, 0.25) is 5.91 Å². The number of halogens is 2. The van der Waals surface area contributed by atoms with Gasteiger partial charge >= 0.3 is 5.76 Å². The average Bonchev–Trinajstić information content (AvgIpc) is 2.95. The lowest BCUT2D eigenvalue weighted by atomic mass is 10.1. The zero-order chi connectivity index (χ0) is 21.0. The Hall–Kier alpha value is -3.56. The average molecular weight is 405 g/mol. The number of carbonyl (C=O) groups excluding carboxylic acids is 1. The number of nitrogens with one attached hydrogen (secondary N) is 1. The molecule has 1 amide bonds. The van der Waals surface area contributed by atoms with Crippen LogP contribution in [0.25, 0.3) is 11.1 Å². The third-order valence-corrected chi connectivity index (χ3v) is 4.31. The van der Waals surface area contributed by atoms with Crippen LogP contribution in [0.1, 0.15) is 18.4 Å². The predicted octanol–water partition coefficient (Wildman–Crippen LogP) is 2.92. The third kappa shape index (κ3) is 5.03. The lowest BCUT2D eigenvalue weighted by molar-refractivity contribution is -0.384. The summed E-state index contributed by atoms with van der Waals surface area (Å²) in [6, 6.07) is 7.06. The number of nitro benzene ring substituents is 1. The van der Waals surface area contributed by atoms with Crippen molar-refractivity contribution in [3.05, 3.63) is 74.3 Å². The summed E-state index contributed by atoms with van der Waals surface area (Å²) in [5.41, 5.74) is 0.773. The van der Waals surface area contributed by atoms with Crippen LogP contribution < -0.4 is 11.1 Å². The molecule has 2 aromatic carbocycles. The first-order valence-electron chi connectivity index (χ1n) is 8.83. The normalized spacial score (nSPS) is 11.0. The number of hydrogen-bond acceptors (Lipinski definition) is 5. The smallest absolute Gasteiger partial charge is 0.407 e. The SMILES string of the molecule is O=C(CCCn1c(=O)oc2cc([N+](=O)[O-])ccc21)NCCc1cc(F)cc(F)c1. The van der Waals surface area contributed by atoms with Crippen molar-refractivity contribution < 1.29 is 22.9 Å². The van der Waals surface area contributed by atoms with Gasteiger partial charge in [0.05, 0.1) is 16.5 Å². The molecule has 0 spiro atoms. The van der Waals surface area contributed by atoms with Gasteiger partial charge in [-0.1, -0.05) is 0 Å². The number of nitro groups is 1. The lowest BCUT2D eigenvalue weighted by Crippen LogP contribution is -2.26. The molecule has 0 saturated heterocycles. The van der Waals surface area contributed by atoms with E-state index in [4.69, 9.17) is 4.42 Å². The highest BCUT2D eigenvalue weighted by molar-refractivity contribution is 5.76. The van der Waals surface area contributed by atoms with Crippen molar-refractivity contribution in [2.24, 2.45) is 0 Å². The van der Waals surface area contributed by atoms with Gasteiger partial charge < -0.3 is 9.73 Å². The van der Waals surface area contributed by atoms with Gasteiger partial charge in [-0.05, 0) is 36.6 Å². The second-order valence-corrected chi connectivity index (χ2v) is 6.41. The van der Waals surface area contributed by atoms with Gasteiger partial charge in [0.15, 0.2) is 5.58 Å². The minimum absolute atomic E-state index is 0.107. The van der Waals surface area contributed by atoms with E-state index in [0.717, 1.165) is 6.07 Å². The highest BCUT2D eigenvalue weighted by Gasteiger charge is 2.14. The number of rotatable bonds is 8. The van der Waals surface area contributed by atoms with E-state index in [1.807, 2.05) is 0 Å². The number of aromatic nitrogens is 1. The molecule has 0 radical (unpaired) electrons. The van der Waals surface area contributed by atoms with E-state index in [-0.39, 0.29) is 43.1 Å². The third-order valence-electron chi connectivity index (χ3n) is 4.31. The summed E-state index contributed by atoms with van der Waals surface area (Å²) in [5.74, 6) is -2.27. The van der Waals surface area contributed by atoms with Gasteiger partial charge in [-0.15, -0.1) is 0 Å². The first-order chi connectivity index (χ1) is 13.8. The van der Waals surface area contributed by atoms with Crippen molar-refractivity contribution in [2.45, 2.75) is 25.8 Å². The highest BCUT2D eigenvalue weighted by atomic mass is 19.1. The molecule has 0 saturated carbocycles. The van der Waals surface area contributed by atoms with E-state index in [0.29, 0.717) is 17.5 Å². The Balaban J connectivity index is 1.50. The molecule has 0 unspecified atom stereocenters. The zero-order valence-corrected chi connectivity index (χ0v) is 15.2. The van der Waals surface area contributed by atoms with Crippen molar-refractivity contribution >= 4 is 22.7 Å². The summed E-state index contributed by atoms with van der Waals surface area (Å²) in [5, 5.41) is 13.4. The van der Waals surface area contributed by atoms with Gasteiger partial charge in [0.25, 0.3) is 5.69 Å². The minimum Gasteiger partial charge on any atom is -0.407 e. The van der Waals surface area contributed by atoms with Crippen LogP contribution in [0.3, 0.4) is 0 Å². The number of amides is 1. The summed E-state index contributed by atoms with van der Waals surface area (Å²) in [6.45, 7) is 0.423. The van der Waals surface area contributed by atoms with E-state index in [1.165, 1.54) is 34.9 Å². The van der Waals surface area contributed by atoms with Crippen LogP contribution in [0.15, 0.2) is 45.6 Å². The van der Waals surface area contributed by atoms with Gasteiger partial charge in [-0.3, -0.25) is 19.5 Å². The number of fused-ring (bicyclic) bond motifs is 1. The van der Waals surface area contributed by atoms with Crippen LogP contribution in [0.5, 0.6) is 0 Å². The van der Waals surface area contributed by atoms with E-state index < -0.39 is 22.3 Å². The molecule has 1 N–H and O–H groups in total. The maximum absolute atomic E-state index is 13.1. The lowest BCUT2D eigenvalue weighted by Gasteiger charge is -2.06. The Morgan fingerprint density at radius 3 is 2.59 bits per heavy atom. The molecule has 29 heavy (non-hydrogen) atoms. The topological polar surface area (TPSA) is 107 Å². The molecule has 0 fully saturated rings. The Bertz CT molecular complexity index is 1100. The quantitative estimate of drug-likeness (QED) is 0.458. The monoisotopic (exact) mass is 405 g/mol. The minimum atomic E-state index is -0.672. The van der Waals surface area contributed by atoms with E-state index in [9.17, 15) is 28.5 Å². The first kappa shape index (κ1) is 20.2. The molecule has 3 aromatic rings. The number of nitrogens with zero attached hydrogens (tertiary/aromatic N) is 2. The molecule has 0 atom stereocenters. The predicted molar refractivity (Wildman–Crippen MR) is 99.4 cm³/mol. The molecule has 10 heteroatoms. The molecular weight excluding hydrogens is 388 g/mol. The Labute approximate surface area is 162 Å². The van der Waals surface area contributed by atoms with Gasteiger partial charge in [0.1, 0.15) is 11.6 Å². The van der Waals surface area contributed by atoms with Crippen LogP contribution in [-0.4, -0.2) is 21.9 Å². The fourth-order valence-electron chi connectivity index (χ4n) is 2.97. The van der Waals surface area contributed by atoms with Crippen molar-refractivity contribution in [1.82, 2.24) is 9.88 Å². The van der Waals surface area contributed by atoms with Crippen molar-refractivity contribution in [2.75, 3.05) is 6.54 Å². The molecule has 1 aromatic heterocycles.